The molecule has 0 fully saturated rings. The van der Waals surface area contributed by atoms with Crippen LogP contribution in [0.3, 0.4) is 0 Å². The molecule has 96 valence electrons. The van der Waals surface area contributed by atoms with Crippen molar-refractivity contribution in [2.75, 3.05) is 5.75 Å². The first-order valence-corrected chi connectivity index (χ1v) is 7.54. The monoisotopic (exact) mass is 248 g/mol. The molecule has 1 N–H and O–H groups in total. The van der Waals surface area contributed by atoms with E-state index >= 15 is 0 Å². The van der Waals surface area contributed by atoms with Crippen LogP contribution in [0.5, 0.6) is 0 Å². The van der Waals surface area contributed by atoms with Crippen LogP contribution in [0.4, 0.5) is 0 Å². The third-order valence-corrected chi connectivity index (χ3v) is 4.88. The maximum atomic E-state index is 11.9. The molecule has 0 heterocycles. The molecule has 0 aliphatic carbocycles. The summed E-state index contributed by atoms with van der Waals surface area (Å²) < 4.78 is 11.9. The van der Waals surface area contributed by atoms with E-state index in [2.05, 4.69) is 13.8 Å². The second kappa shape index (κ2) is 8.74. The van der Waals surface area contributed by atoms with Crippen LogP contribution in [0.15, 0.2) is 0 Å². The Balaban J connectivity index is 4.22. The van der Waals surface area contributed by atoms with Crippen molar-refractivity contribution in [3.63, 3.8) is 0 Å². The summed E-state index contributed by atoms with van der Waals surface area (Å²) in [7, 11) is -1.22. The Morgan fingerprint density at radius 1 is 1.25 bits per heavy atom. The number of hydrogen-bond acceptors (Lipinski definition) is 2. The van der Waals surface area contributed by atoms with Gasteiger partial charge in [-0.15, -0.1) is 0 Å². The second-order valence-electron chi connectivity index (χ2n) is 4.20. The zero-order valence-corrected chi connectivity index (χ0v) is 11.4. The Labute approximate surface area is 101 Å². The highest BCUT2D eigenvalue weighted by molar-refractivity contribution is 7.86. The smallest absolute Gasteiger partial charge is 0.319 e. The lowest BCUT2D eigenvalue weighted by atomic mass is 10.0. The summed E-state index contributed by atoms with van der Waals surface area (Å²) in [6.45, 7) is 6.00. The maximum Gasteiger partial charge on any atom is 0.319 e. The van der Waals surface area contributed by atoms with Crippen LogP contribution >= 0.6 is 0 Å². The van der Waals surface area contributed by atoms with E-state index in [-0.39, 0.29) is 0 Å². The van der Waals surface area contributed by atoms with Crippen molar-refractivity contribution >= 4 is 16.8 Å². The van der Waals surface area contributed by atoms with E-state index in [0.29, 0.717) is 18.1 Å². The molecule has 0 radical (unpaired) electrons. The molecule has 0 saturated heterocycles. The molecule has 0 aromatic rings. The van der Waals surface area contributed by atoms with Crippen molar-refractivity contribution in [3.05, 3.63) is 0 Å². The normalized spacial score (nSPS) is 16.7. The zero-order chi connectivity index (χ0) is 12.6. The van der Waals surface area contributed by atoms with Crippen LogP contribution in [0.2, 0.25) is 0 Å². The van der Waals surface area contributed by atoms with Crippen LogP contribution in [0, 0.1) is 5.92 Å². The van der Waals surface area contributed by atoms with Gasteiger partial charge in [-0.3, -0.25) is 9.00 Å². The molecule has 4 heteroatoms. The molecule has 0 saturated carbocycles. The summed E-state index contributed by atoms with van der Waals surface area (Å²) in [5.41, 5.74) is 0. The lowest BCUT2D eigenvalue weighted by Gasteiger charge is -2.16. The molecule has 3 atom stereocenters. The summed E-state index contributed by atoms with van der Waals surface area (Å²) in [5, 5.41) is 8.23. The summed E-state index contributed by atoms with van der Waals surface area (Å²) in [6, 6.07) is 0. The first kappa shape index (κ1) is 15.6. The number of unbranched alkanes of at least 4 members (excludes halogenated alkanes) is 1. The van der Waals surface area contributed by atoms with Gasteiger partial charge < -0.3 is 5.11 Å². The molecule has 0 amide bonds. The van der Waals surface area contributed by atoms with Crippen LogP contribution in [-0.4, -0.2) is 26.3 Å². The highest BCUT2D eigenvalue weighted by atomic mass is 32.2. The van der Waals surface area contributed by atoms with Crippen molar-refractivity contribution in [2.45, 2.75) is 58.1 Å². The zero-order valence-electron chi connectivity index (χ0n) is 10.6. The van der Waals surface area contributed by atoms with Crippen LogP contribution < -0.4 is 0 Å². The van der Waals surface area contributed by atoms with Gasteiger partial charge in [0.15, 0.2) is 0 Å². The van der Waals surface area contributed by atoms with Gasteiger partial charge in [0.05, 0.1) is 0 Å². The summed E-state index contributed by atoms with van der Waals surface area (Å²) in [6.07, 6.45) is 4.78. The fraction of sp³-hybridized carbons (Fsp3) is 0.917. The Bertz CT molecular complexity index is 228. The number of rotatable bonds is 9. The number of aliphatic carboxylic acids is 1. The highest BCUT2D eigenvalue weighted by Crippen LogP contribution is 2.16. The number of hydrogen-bond donors (Lipinski definition) is 1. The fourth-order valence-electron chi connectivity index (χ4n) is 1.72. The summed E-state index contributed by atoms with van der Waals surface area (Å²) in [5.74, 6) is 0.0294. The van der Waals surface area contributed by atoms with Gasteiger partial charge in [-0.1, -0.05) is 40.0 Å². The topological polar surface area (TPSA) is 54.4 Å². The largest absolute Gasteiger partial charge is 0.480 e. The number of carbonyl (C=O) groups is 1. The van der Waals surface area contributed by atoms with Gasteiger partial charge in [0, 0.05) is 16.6 Å². The lowest BCUT2D eigenvalue weighted by Crippen LogP contribution is -2.28. The van der Waals surface area contributed by atoms with Crippen molar-refractivity contribution in [3.8, 4) is 0 Å². The average Bonchev–Trinajstić information content (AvgIpc) is 2.24. The molecule has 3 nitrogen and oxygen atoms in total. The molecule has 0 aromatic heterocycles. The molecule has 16 heavy (non-hydrogen) atoms. The first-order valence-electron chi connectivity index (χ1n) is 6.16. The van der Waals surface area contributed by atoms with E-state index in [1.54, 1.807) is 6.92 Å². The first-order chi connectivity index (χ1) is 7.56. The third kappa shape index (κ3) is 5.64. The van der Waals surface area contributed by atoms with Gasteiger partial charge in [-0.25, -0.2) is 0 Å². The Hall–Kier alpha value is -0.380. The van der Waals surface area contributed by atoms with Gasteiger partial charge in [0.25, 0.3) is 0 Å². The molecule has 3 unspecified atom stereocenters. The molecule has 0 aromatic carbocycles. The standard InChI is InChI=1S/C12H24O3S/c1-4-7-8-10(5-2)9-16(15)11(6-3)12(13)14/h10-11H,4-9H2,1-3H3,(H,13,14). The van der Waals surface area contributed by atoms with Crippen molar-refractivity contribution < 1.29 is 14.1 Å². The average molecular weight is 248 g/mol. The van der Waals surface area contributed by atoms with Crippen LogP contribution in [0.25, 0.3) is 0 Å². The fourth-order valence-corrected chi connectivity index (χ4v) is 3.42. The van der Waals surface area contributed by atoms with E-state index in [4.69, 9.17) is 5.11 Å². The molecule has 0 spiro atoms. The Kier molecular flexibility index (Phi) is 8.53. The predicted octanol–water partition coefficient (Wildman–Crippen LogP) is 2.81. The van der Waals surface area contributed by atoms with E-state index in [0.717, 1.165) is 25.7 Å². The molecular formula is C12H24O3S. The lowest BCUT2D eigenvalue weighted by molar-refractivity contribution is -0.136. The quantitative estimate of drug-likeness (QED) is 0.682. The van der Waals surface area contributed by atoms with Crippen LogP contribution in [-0.2, 0) is 15.6 Å². The number of carboxylic acid groups (broad SMARTS) is 1. The van der Waals surface area contributed by atoms with E-state index in [9.17, 15) is 9.00 Å². The van der Waals surface area contributed by atoms with Crippen LogP contribution in [0.1, 0.15) is 52.9 Å². The predicted molar refractivity (Wildman–Crippen MR) is 68.0 cm³/mol. The van der Waals surface area contributed by atoms with Crippen molar-refractivity contribution in [1.82, 2.24) is 0 Å². The molecular weight excluding hydrogens is 224 g/mol. The van der Waals surface area contributed by atoms with Gasteiger partial charge in [0.1, 0.15) is 5.25 Å². The molecule has 0 aliphatic rings. The maximum absolute atomic E-state index is 11.9. The van der Waals surface area contributed by atoms with E-state index < -0.39 is 22.0 Å². The molecule has 0 aliphatic heterocycles. The summed E-state index contributed by atoms with van der Waals surface area (Å²) in [4.78, 5) is 10.9. The van der Waals surface area contributed by atoms with Gasteiger partial charge in [-0.2, -0.15) is 0 Å². The highest BCUT2D eigenvalue weighted by Gasteiger charge is 2.24. The summed E-state index contributed by atoms with van der Waals surface area (Å²) >= 11 is 0. The van der Waals surface area contributed by atoms with Gasteiger partial charge in [-0.05, 0) is 18.8 Å². The SMILES string of the molecule is CCCCC(CC)CS(=O)C(CC)C(=O)O. The minimum atomic E-state index is -1.22. The minimum Gasteiger partial charge on any atom is -0.480 e. The number of carboxylic acids is 1. The molecule has 0 bridgehead atoms. The Morgan fingerprint density at radius 2 is 1.88 bits per heavy atom. The third-order valence-electron chi connectivity index (χ3n) is 2.91. The molecule has 0 rings (SSSR count). The van der Waals surface area contributed by atoms with Gasteiger partial charge in [0.2, 0.25) is 0 Å². The second-order valence-corrected chi connectivity index (χ2v) is 5.86. The Morgan fingerprint density at radius 3 is 2.25 bits per heavy atom. The van der Waals surface area contributed by atoms with Crippen molar-refractivity contribution in [1.29, 1.82) is 0 Å². The minimum absolute atomic E-state index is 0.411. The van der Waals surface area contributed by atoms with Crippen molar-refractivity contribution in [2.24, 2.45) is 5.92 Å². The van der Waals surface area contributed by atoms with E-state index in [1.165, 1.54) is 0 Å². The van der Waals surface area contributed by atoms with Gasteiger partial charge >= 0.3 is 5.97 Å². The van der Waals surface area contributed by atoms with E-state index in [1.807, 2.05) is 0 Å².